The Kier molecular flexibility index (Phi) is 7.91. The Morgan fingerprint density at radius 1 is 1.18 bits per heavy atom. The van der Waals surface area contributed by atoms with Gasteiger partial charge in [0.15, 0.2) is 5.96 Å². The number of anilines is 1. The monoisotopic (exact) mass is 384 g/mol. The molecule has 1 aromatic carbocycles. The molecule has 2 rings (SSSR count). The van der Waals surface area contributed by atoms with Crippen molar-refractivity contribution in [1.82, 2.24) is 20.0 Å². The van der Waals surface area contributed by atoms with Crippen LogP contribution in [0.4, 0.5) is 5.69 Å². The first kappa shape index (κ1) is 21.8. The Hall–Kier alpha value is -2.50. The first-order valence-electron chi connectivity index (χ1n) is 10.1. The topological polar surface area (TPSA) is 57.5 Å². The molecule has 2 aromatic rings. The molecule has 2 N–H and O–H groups in total. The quantitative estimate of drug-likeness (QED) is 0.538. The van der Waals surface area contributed by atoms with E-state index in [0.717, 1.165) is 30.4 Å². The number of nitrogens with one attached hydrogen (secondary N) is 2. The van der Waals surface area contributed by atoms with Crippen LogP contribution in [0.2, 0.25) is 0 Å². The molecule has 1 unspecified atom stereocenters. The van der Waals surface area contributed by atoms with E-state index < -0.39 is 0 Å². The molecule has 1 atom stereocenters. The summed E-state index contributed by atoms with van der Waals surface area (Å²) in [5.41, 5.74) is 3.53. The van der Waals surface area contributed by atoms with Crippen LogP contribution in [0.3, 0.4) is 0 Å². The Labute approximate surface area is 170 Å². The summed E-state index contributed by atoms with van der Waals surface area (Å²) in [7, 11) is 5.88. The molecule has 0 aliphatic heterocycles. The second-order valence-corrected chi connectivity index (χ2v) is 8.01. The molecule has 154 valence electrons. The van der Waals surface area contributed by atoms with Crippen LogP contribution in [-0.2, 0) is 13.6 Å². The smallest absolute Gasteiger partial charge is 0.193 e. The summed E-state index contributed by atoms with van der Waals surface area (Å²) in [5.74, 6) is 1.78. The normalized spacial score (nSPS) is 13.1. The molecule has 1 heterocycles. The predicted octanol–water partition coefficient (Wildman–Crippen LogP) is 3.69. The molecule has 0 fully saturated rings. The summed E-state index contributed by atoms with van der Waals surface area (Å²) in [6.07, 6.45) is 2.10. The highest BCUT2D eigenvalue weighted by Crippen LogP contribution is 2.18. The van der Waals surface area contributed by atoms with Gasteiger partial charge in [0.2, 0.25) is 0 Å². The Balaban J connectivity index is 2.00. The number of hydrogen-bond donors (Lipinski definition) is 2. The zero-order chi connectivity index (χ0) is 20.7. The van der Waals surface area contributed by atoms with E-state index in [4.69, 9.17) is 0 Å². The molecular weight excluding hydrogens is 348 g/mol. The fourth-order valence-corrected chi connectivity index (χ4v) is 3.28. The van der Waals surface area contributed by atoms with Crippen molar-refractivity contribution in [3.8, 4) is 0 Å². The molecule has 6 heteroatoms. The van der Waals surface area contributed by atoms with Gasteiger partial charge in [-0.2, -0.15) is 5.10 Å². The van der Waals surface area contributed by atoms with Crippen LogP contribution in [-0.4, -0.2) is 47.3 Å². The van der Waals surface area contributed by atoms with E-state index in [9.17, 15) is 0 Å². The van der Waals surface area contributed by atoms with Crippen LogP contribution in [0, 0.1) is 5.92 Å². The largest absolute Gasteiger partial charge is 0.380 e. The first-order chi connectivity index (χ1) is 13.3. The van der Waals surface area contributed by atoms with E-state index in [1.807, 2.05) is 24.8 Å². The zero-order valence-corrected chi connectivity index (χ0v) is 18.4. The predicted molar refractivity (Wildman–Crippen MR) is 119 cm³/mol. The van der Waals surface area contributed by atoms with Crippen molar-refractivity contribution in [2.75, 3.05) is 26.0 Å². The lowest BCUT2D eigenvalue weighted by Crippen LogP contribution is -2.45. The van der Waals surface area contributed by atoms with Crippen LogP contribution in [0.15, 0.2) is 41.5 Å². The average molecular weight is 385 g/mol. The fraction of sp³-hybridized carbons (Fsp3) is 0.545. The lowest BCUT2D eigenvalue weighted by atomic mass is 10.0. The summed E-state index contributed by atoms with van der Waals surface area (Å²) >= 11 is 0. The van der Waals surface area contributed by atoms with E-state index in [2.05, 4.69) is 90.8 Å². The van der Waals surface area contributed by atoms with Gasteiger partial charge in [-0.1, -0.05) is 45.9 Å². The SMILES string of the molecule is CN=C(NCC(Nc1ccccc1)C(C)C)N(C)Cc1cn(C)nc1C(C)C. The number of benzene rings is 1. The standard InChI is InChI=1S/C22H36N6/c1-16(2)20(25-19-11-9-8-10-12-19)13-24-22(23-5)27(6)14-18-15-28(7)26-21(18)17(3)4/h8-12,15-17,20,25H,13-14H2,1-7H3,(H,23,24). The molecule has 0 bridgehead atoms. The number of rotatable bonds is 8. The molecule has 0 aliphatic rings. The number of aliphatic imine (C=N–C) groups is 1. The summed E-state index contributed by atoms with van der Waals surface area (Å²) in [4.78, 5) is 6.64. The highest BCUT2D eigenvalue weighted by molar-refractivity contribution is 5.79. The third-order valence-electron chi connectivity index (χ3n) is 4.88. The molecule has 0 aliphatic carbocycles. The van der Waals surface area contributed by atoms with Crippen LogP contribution in [0.25, 0.3) is 0 Å². The second-order valence-electron chi connectivity index (χ2n) is 8.01. The van der Waals surface area contributed by atoms with Crippen molar-refractivity contribution in [3.63, 3.8) is 0 Å². The molecule has 6 nitrogen and oxygen atoms in total. The number of para-hydroxylation sites is 1. The molecule has 0 amide bonds. The van der Waals surface area contributed by atoms with E-state index in [1.54, 1.807) is 0 Å². The van der Waals surface area contributed by atoms with Crippen LogP contribution >= 0.6 is 0 Å². The minimum atomic E-state index is 0.303. The van der Waals surface area contributed by atoms with E-state index in [1.165, 1.54) is 5.56 Å². The lowest BCUT2D eigenvalue weighted by molar-refractivity contribution is 0.455. The van der Waals surface area contributed by atoms with E-state index in [0.29, 0.717) is 17.9 Å². The van der Waals surface area contributed by atoms with Crippen molar-refractivity contribution in [3.05, 3.63) is 47.8 Å². The number of hydrogen-bond acceptors (Lipinski definition) is 3. The molecule has 0 radical (unpaired) electrons. The van der Waals surface area contributed by atoms with E-state index >= 15 is 0 Å². The molecular formula is C22H36N6. The summed E-state index contributed by atoms with van der Waals surface area (Å²) in [5, 5.41) is 11.8. The maximum Gasteiger partial charge on any atom is 0.193 e. The van der Waals surface area contributed by atoms with Crippen LogP contribution in [0.5, 0.6) is 0 Å². The maximum absolute atomic E-state index is 4.61. The highest BCUT2D eigenvalue weighted by atomic mass is 15.3. The Bertz CT molecular complexity index is 748. The number of guanidine groups is 1. The molecule has 1 aromatic heterocycles. The van der Waals surface area contributed by atoms with Crippen molar-refractivity contribution in [2.24, 2.45) is 18.0 Å². The number of aryl methyl sites for hydroxylation is 1. The van der Waals surface area contributed by atoms with Gasteiger partial charge >= 0.3 is 0 Å². The van der Waals surface area contributed by atoms with Crippen molar-refractivity contribution in [2.45, 2.75) is 46.2 Å². The van der Waals surface area contributed by atoms with Crippen molar-refractivity contribution in [1.29, 1.82) is 0 Å². The van der Waals surface area contributed by atoms with Crippen LogP contribution < -0.4 is 10.6 Å². The minimum Gasteiger partial charge on any atom is -0.380 e. The van der Waals surface area contributed by atoms with Gasteiger partial charge in [-0.15, -0.1) is 0 Å². The minimum absolute atomic E-state index is 0.303. The van der Waals surface area contributed by atoms with Gasteiger partial charge in [0.25, 0.3) is 0 Å². The molecule has 0 saturated heterocycles. The molecule has 0 saturated carbocycles. The van der Waals surface area contributed by atoms with Gasteiger partial charge in [0, 0.05) is 57.7 Å². The molecule has 0 spiro atoms. The van der Waals surface area contributed by atoms with Gasteiger partial charge in [0.1, 0.15) is 0 Å². The summed E-state index contributed by atoms with van der Waals surface area (Å²) in [6, 6.07) is 10.7. The van der Waals surface area contributed by atoms with Crippen LogP contribution in [0.1, 0.15) is 44.9 Å². The number of aromatic nitrogens is 2. The molecule has 28 heavy (non-hydrogen) atoms. The van der Waals surface area contributed by atoms with Gasteiger partial charge < -0.3 is 15.5 Å². The van der Waals surface area contributed by atoms with Gasteiger partial charge in [-0.3, -0.25) is 9.67 Å². The first-order valence-corrected chi connectivity index (χ1v) is 10.1. The van der Waals surface area contributed by atoms with Crippen molar-refractivity contribution < 1.29 is 0 Å². The zero-order valence-electron chi connectivity index (χ0n) is 18.4. The van der Waals surface area contributed by atoms with Gasteiger partial charge in [-0.25, -0.2) is 0 Å². The van der Waals surface area contributed by atoms with Crippen molar-refractivity contribution >= 4 is 11.6 Å². The average Bonchev–Trinajstić information content (AvgIpc) is 3.02. The number of nitrogens with zero attached hydrogens (tertiary/aromatic N) is 4. The van der Waals surface area contributed by atoms with Gasteiger partial charge in [-0.05, 0) is 24.0 Å². The lowest BCUT2D eigenvalue weighted by Gasteiger charge is -2.28. The third kappa shape index (κ3) is 6.01. The summed E-state index contributed by atoms with van der Waals surface area (Å²) < 4.78 is 1.90. The Morgan fingerprint density at radius 3 is 2.43 bits per heavy atom. The highest BCUT2D eigenvalue weighted by Gasteiger charge is 2.17. The third-order valence-corrected chi connectivity index (χ3v) is 4.88. The van der Waals surface area contributed by atoms with E-state index in [-0.39, 0.29) is 0 Å². The van der Waals surface area contributed by atoms with Gasteiger partial charge in [0.05, 0.1) is 5.69 Å². The maximum atomic E-state index is 4.61. The second kappa shape index (κ2) is 10.2. The fourth-order valence-electron chi connectivity index (χ4n) is 3.28. The Morgan fingerprint density at radius 2 is 1.86 bits per heavy atom. The summed E-state index contributed by atoms with van der Waals surface area (Å²) in [6.45, 7) is 10.4.